The lowest BCUT2D eigenvalue weighted by Crippen LogP contribution is -2.24. The minimum atomic E-state index is -1.14. The number of hydrogen-bond donors (Lipinski definition) is 0. The molecule has 0 bridgehead atoms. The molecular weight excluding hydrogens is 148 g/mol. The summed E-state index contributed by atoms with van der Waals surface area (Å²) in [4.78, 5) is 0. The molecule has 0 aromatic rings. The molecule has 3 heteroatoms. The van der Waals surface area contributed by atoms with Crippen molar-refractivity contribution in [3.05, 3.63) is 0 Å². The normalized spacial score (nSPS) is 15.8. The highest BCUT2D eigenvalue weighted by atomic mass is 32.2. The Morgan fingerprint density at radius 2 is 1.70 bits per heavy atom. The van der Waals surface area contributed by atoms with E-state index in [2.05, 4.69) is 0 Å². The molecule has 0 heterocycles. The third-order valence-corrected chi connectivity index (χ3v) is 2.15. The summed E-state index contributed by atoms with van der Waals surface area (Å²) < 4.78 is 16.2. The highest BCUT2D eigenvalue weighted by Crippen LogP contribution is 2.11. The van der Waals surface area contributed by atoms with Gasteiger partial charge in [0.2, 0.25) is 0 Å². The van der Waals surface area contributed by atoms with Crippen molar-refractivity contribution in [3.8, 4) is 0 Å². The monoisotopic (exact) mass is 164 g/mol. The quantitative estimate of drug-likeness (QED) is 0.623. The van der Waals surface area contributed by atoms with E-state index in [1.165, 1.54) is 0 Å². The minimum absolute atomic E-state index is 0.0826. The topological polar surface area (TPSA) is 26.3 Å². The molecule has 2 nitrogen and oxygen atoms in total. The molecule has 0 aliphatic heterocycles. The lowest BCUT2D eigenvalue weighted by molar-refractivity contribution is 0.151. The first-order valence-corrected chi connectivity index (χ1v) is 4.57. The summed E-state index contributed by atoms with van der Waals surface area (Å²) in [6.45, 7) is 9.44. The lowest BCUT2D eigenvalue weighted by atomic mass is 10.2. The van der Waals surface area contributed by atoms with Crippen LogP contribution in [0.2, 0.25) is 0 Å². The smallest absolute Gasteiger partial charge is 0.158 e. The first-order chi connectivity index (χ1) is 4.33. The molecule has 0 rings (SSSR count). The van der Waals surface area contributed by atoms with Gasteiger partial charge >= 0.3 is 0 Å². The largest absolute Gasteiger partial charge is 0.285 e. The summed E-state index contributed by atoms with van der Waals surface area (Å²) >= 11 is -1.14. The molecule has 0 fully saturated rings. The maximum atomic E-state index is 11.0. The van der Waals surface area contributed by atoms with Gasteiger partial charge in [-0.2, -0.15) is 0 Å². The van der Waals surface area contributed by atoms with Crippen LogP contribution in [0.25, 0.3) is 0 Å². The van der Waals surface area contributed by atoms with Crippen molar-refractivity contribution in [2.45, 2.75) is 45.5 Å². The van der Waals surface area contributed by atoms with Crippen LogP contribution < -0.4 is 0 Å². The molecule has 0 saturated carbocycles. The summed E-state index contributed by atoms with van der Waals surface area (Å²) in [5.74, 6) is 0. The van der Waals surface area contributed by atoms with E-state index in [0.29, 0.717) is 0 Å². The highest BCUT2D eigenvalue weighted by Gasteiger charge is 2.16. The van der Waals surface area contributed by atoms with Crippen LogP contribution in [-0.2, 0) is 15.3 Å². The van der Waals surface area contributed by atoms with Gasteiger partial charge in [-0.05, 0) is 34.6 Å². The first-order valence-electron chi connectivity index (χ1n) is 3.43. The fourth-order valence-electron chi connectivity index (χ4n) is 0.343. The average molecular weight is 164 g/mol. The van der Waals surface area contributed by atoms with Crippen molar-refractivity contribution in [3.63, 3.8) is 0 Å². The molecule has 0 aromatic carbocycles. The summed E-state index contributed by atoms with van der Waals surface area (Å²) in [7, 11) is 0. The predicted octanol–water partition coefficient (Wildman–Crippen LogP) is 1.87. The standard InChI is InChI=1S/C7H16O2S/c1-6(2)10(8)9-7(3,4)5/h6H,1-5H3. The van der Waals surface area contributed by atoms with E-state index in [0.717, 1.165) is 0 Å². The Balaban J connectivity index is 3.81. The highest BCUT2D eigenvalue weighted by molar-refractivity contribution is 7.80. The van der Waals surface area contributed by atoms with Gasteiger partial charge in [-0.25, -0.2) is 4.21 Å². The average Bonchev–Trinajstić information content (AvgIpc) is 1.60. The van der Waals surface area contributed by atoms with E-state index in [4.69, 9.17) is 4.18 Å². The Morgan fingerprint density at radius 3 is 1.80 bits per heavy atom. The molecule has 0 amide bonds. The van der Waals surface area contributed by atoms with Gasteiger partial charge in [0.15, 0.2) is 11.1 Å². The number of hydrogen-bond acceptors (Lipinski definition) is 2. The Morgan fingerprint density at radius 1 is 1.30 bits per heavy atom. The summed E-state index contributed by atoms with van der Waals surface area (Å²) in [5, 5.41) is 0.0826. The van der Waals surface area contributed by atoms with E-state index in [9.17, 15) is 4.21 Å². The SMILES string of the molecule is CC(C)S(=O)OC(C)(C)C. The van der Waals surface area contributed by atoms with E-state index >= 15 is 0 Å². The molecule has 0 aromatic heterocycles. The van der Waals surface area contributed by atoms with Crippen molar-refractivity contribution in [2.75, 3.05) is 0 Å². The zero-order valence-electron chi connectivity index (χ0n) is 7.30. The molecular formula is C7H16O2S. The van der Waals surface area contributed by atoms with Crippen molar-refractivity contribution >= 4 is 11.1 Å². The van der Waals surface area contributed by atoms with Crippen molar-refractivity contribution in [1.29, 1.82) is 0 Å². The molecule has 0 radical (unpaired) electrons. The minimum Gasteiger partial charge on any atom is -0.285 e. The molecule has 0 spiro atoms. The van der Waals surface area contributed by atoms with E-state index in [1.807, 2.05) is 34.6 Å². The van der Waals surface area contributed by atoms with Gasteiger partial charge in [0.25, 0.3) is 0 Å². The molecule has 1 atom stereocenters. The Hall–Kier alpha value is 0.110. The second-order valence-electron chi connectivity index (χ2n) is 3.50. The van der Waals surface area contributed by atoms with Gasteiger partial charge < -0.3 is 0 Å². The molecule has 1 unspecified atom stereocenters. The third kappa shape index (κ3) is 4.94. The fourth-order valence-corrected chi connectivity index (χ4v) is 1.03. The van der Waals surface area contributed by atoms with Gasteiger partial charge in [-0.15, -0.1) is 0 Å². The Bertz CT molecular complexity index is 124. The van der Waals surface area contributed by atoms with Crippen LogP contribution >= 0.6 is 0 Å². The maximum absolute atomic E-state index is 11.0. The molecule has 10 heavy (non-hydrogen) atoms. The zero-order valence-corrected chi connectivity index (χ0v) is 8.12. The van der Waals surface area contributed by atoms with Crippen LogP contribution in [-0.4, -0.2) is 15.1 Å². The number of rotatable bonds is 2. The van der Waals surface area contributed by atoms with Gasteiger partial charge in [-0.1, -0.05) is 0 Å². The summed E-state index contributed by atoms with van der Waals surface area (Å²) in [6, 6.07) is 0. The van der Waals surface area contributed by atoms with Crippen LogP contribution in [0.4, 0.5) is 0 Å². The zero-order chi connectivity index (χ0) is 8.36. The lowest BCUT2D eigenvalue weighted by Gasteiger charge is -2.19. The van der Waals surface area contributed by atoms with Crippen LogP contribution in [0.5, 0.6) is 0 Å². The van der Waals surface area contributed by atoms with E-state index in [-0.39, 0.29) is 10.9 Å². The van der Waals surface area contributed by atoms with Crippen molar-refractivity contribution in [1.82, 2.24) is 0 Å². The third-order valence-electron chi connectivity index (χ3n) is 0.717. The maximum Gasteiger partial charge on any atom is 0.158 e. The van der Waals surface area contributed by atoms with Crippen LogP contribution in [0.1, 0.15) is 34.6 Å². The van der Waals surface area contributed by atoms with Crippen molar-refractivity contribution in [2.24, 2.45) is 0 Å². The van der Waals surface area contributed by atoms with Crippen molar-refractivity contribution < 1.29 is 8.39 Å². The summed E-state index contributed by atoms with van der Waals surface area (Å²) in [6.07, 6.45) is 0. The molecule has 0 aliphatic carbocycles. The second-order valence-corrected chi connectivity index (χ2v) is 5.14. The Labute approximate surface area is 65.6 Å². The van der Waals surface area contributed by atoms with Crippen LogP contribution in [0.15, 0.2) is 0 Å². The predicted molar refractivity (Wildman–Crippen MR) is 44.1 cm³/mol. The summed E-state index contributed by atoms with van der Waals surface area (Å²) in [5.41, 5.74) is -0.296. The second kappa shape index (κ2) is 3.49. The first kappa shape index (κ1) is 10.1. The molecule has 0 saturated heterocycles. The van der Waals surface area contributed by atoms with Crippen LogP contribution in [0, 0.1) is 0 Å². The molecule has 0 N–H and O–H groups in total. The molecule has 0 aliphatic rings. The fraction of sp³-hybridized carbons (Fsp3) is 1.00. The van der Waals surface area contributed by atoms with Crippen LogP contribution in [0.3, 0.4) is 0 Å². The van der Waals surface area contributed by atoms with E-state index in [1.54, 1.807) is 0 Å². The van der Waals surface area contributed by atoms with Gasteiger partial charge in [0, 0.05) is 0 Å². The van der Waals surface area contributed by atoms with E-state index < -0.39 is 11.1 Å². The van der Waals surface area contributed by atoms with Gasteiger partial charge in [0.05, 0.1) is 10.9 Å². The molecule has 62 valence electrons. The van der Waals surface area contributed by atoms with Gasteiger partial charge in [0.1, 0.15) is 0 Å². The van der Waals surface area contributed by atoms with Gasteiger partial charge in [-0.3, -0.25) is 4.18 Å². The Kier molecular flexibility index (Phi) is 3.52.